The molecular weight excluding hydrogens is 365 g/mol. The smallest absolute Gasteiger partial charge is 0.319 e. The van der Waals surface area contributed by atoms with Gasteiger partial charge >= 0.3 is 6.03 Å². The summed E-state index contributed by atoms with van der Waals surface area (Å²) in [5.74, 6) is -0.754. The van der Waals surface area contributed by atoms with E-state index >= 15 is 0 Å². The molecule has 156 valence electrons. The molecule has 0 aromatic heterocycles. The molecule has 1 N–H and O–H groups in total. The number of carbonyl (C=O) groups excluding carboxylic acids is 2. The lowest BCUT2D eigenvalue weighted by atomic mass is 9.96. The molecule has 1 aromatic rings. The zero-order valence-corrected chi connectivity index (χ0v) is 16.9. The molecule has 1 aromatic carbocycles. The van der Waals surface area contributed by atoms with Gasteiger partial charge in [0.1, 0.15) is 6.61 Å². The molecule has 0 radical (unpaired) electrons. The van der Waals surface area contributed by atoms with Crippen LogP contribution in [0.1, 0.15) is 26.7 Å². The van der Waals surface area contributed by atoms with Gasteiger partial charge in [0.05, 0.1) is 6.61 Å². The van der Waals surface area contributed by atoms with Crippen molar-refractivity contribution in [3.8, 4) is 5.75 Å². The number of likely N-dealkylation sites (tertiary alicyclic amines) is 1. The fourth-order valence-electron chi connectivity index (χ4n) is 3.20. The molecule has 1 aliphatic rings. The average Bonchev–Trinajstić information content (AvgIpc) is 2.70. The molecule has 0 unspecified atom stereocenters. The third-order valence-corrected chi connectivity index (χ3v) is 4.91. The molecule has 1 heterocycles. The van der Waals surface area contributed by atoms with Gasteiger partial charge in [-0.3, -0.25) is 4.79 Å². The van der Waals surface area contributed by atoms with Gasteiger partial charge in [-0.1, -0.05) is 0 Å². The summed E-state index contributed by atoms with van der Waals surface area (Å²) in [5, 5.41) is 2.76. The van der Waals surface area contributed by atoms with E-state index in [1.807, 2.05) is 13.8 Å². The van der Waals surface area contributed by atoms with Crippen molar-refractivity contribution in [2.45, 2.75) is 26.7 Å². The van der Waals surface area contributed by atoms with Crippen LogP contribution in [0.3, 0.4) is 0 Å². The van der Waals surface area contributed by atoms with Crippen LogP contribution >= 0.6 is 0 Å². The van der Waals surface area contributed by atoms with Gasteiger partial charge in [0.25, 0.3) is 0 Å². The van der Waals surface area contributed by atoms with E-state index in [1.54, 1.807) is 23.0 Å². The van der Waals surface area contributed by atoms with Crippen molar-refractivity contribution in [2.24, 2.45) is 5.92 Å². The third kappa shape index (κ3) is 5.82. The molecule has 0 bridgehead atoms. The number of amides is 3. The number of nitrogens with one attached hydrogen (secondary N) is 1. The van der Waals surface area contributed by atoms with Crippen LogP contribution in [0.5, 0.6) is 5.75 Å². The SMILES string of the molecule is CCN(CC)C(=O)N1CCC(C(=O)Nc2ccc(OCCOC)c(F)c2)CC1. The molecule has 0 atom stereocenters. The molecule has 7 nitrogen and oxygen atoms in total. The Morgan fingerprint density at radius 3 is 2.46 bits per heavy atom. The normalized spacial score (nSPS) is 14.6. The lowest BCUT2D eigenvalue weighted by Crippen LogP contribution is -2.47. The van der Waals surface area contributed by atoms with Crippen LogP contribution in [0.15, 0.2) is 18.2 Å². The Hall–Kier alpha value is -2.35. The maximum absolute atomic E-state index is 14.1. The number of piperidine rings is 1. The first kappa shape index (κ1) is 21.9. The van der Waals surface area contributed by atoms with Gasteiger partial charge in [0.2, 0.25) is 5.91 Å². The van der Waals surface area contributed by atoms with E-state index in [0.29, 0.717) is 51.3 Å². The van der Waals surface area contributed by atoms with Crippen LogP contribution in [-0.4, -0.2) is 68.2 Å². The Morgan fingerprint density at radius 1 is 1.21 bits per heavy atom. The van der Waals surface area contributed by atoms with Crippen LogP contribution in [0.25, 0.3) is 0 Å². The number of ether oxygens (including phenoxy) is 2. The summed E-state index contributed by atoms with van der Waals surface area (Å²) in [6, 6.07) is 4.38. The number of carbonyl (C=O) groups is 2. The topological polar surface area (TPSA) is 71.1 Å². The first-order valence-electron chi connectivity index (χ1n) is 9.76. The van der Waals surface area contributed by atoms with E-state index in [-0.39, 0.29) is 30.2 Å². The lowest BCUT2D eigenvalue weighted by Gasteiger charge is -2.34. The predicted octanol–water partition coefficient (Wildman–Crippen LogP) is 2.96. The number of nitrogens with zero attached hydrogens (tertiary/aromatic N) is 2. The standard InChI is InChI=1S/C20H30FN3O4/c1-4-23(5-2)20(26)24-10-8-15(9-11-24)19(25)22-16-6-7-18(17(21)14-16)28-13-12-27-3/h6-7,14-15H,4-5,8-13H2,1-3H3,(H,22,25). The van der Waals surface area contributed by atoms with E-state index in [1.165, 1.54) is 12.1 Å². The van der Waals surface area contributed by atoms with Crippen molar-refractivity contribution in [1.82, 2.24) is 9.80 Å². The van der Waals surface area contributed by atoms with Crippen molar-refractivity contribution < 1.29 is 23.5 Å². The summed E-state index contributed by atoms with van der Waals surface area (Å²) in [5.41, 5.74) is 0.392. The van der Waals surface area contributed by atoms with E-state index in [2.05, 4.69) is 5.32 Å². The largest absolute Gasteiger partial charge is 0.488 e. The zero-order valence-electron chi connectivity index (χ0n) is 16.9. The highest BCUT2D eigenvalue weighted by Gasteiger charge is 2.29. The van der Waals surface area contributed by atoms with Gasteiger partial charge in [-0.15, -0.1) is 0 Å². The van der Waals surface area contributed by atoms with Crippen molar-refractivity contribution in [2.75, 3.05) is 51.8 Å². The van der Waals surface area contributed by atoms with E-state index < -0.39 is 5.82 Å². The minimum Gasteiger partial charge on any atom is -0.488 e. The quantitative estimate of drug-likeness (QED) is 0.687. The van der Waals surface area contributed by atoms with Gasteiger partial charge in [0.15, 0.2) is 11.6 Å². The molecule has 8 heteroatoms. The molecule has 28 heavy (non-hydrogen) atoms. The molecule has 0 spiro atoms. The fourth-order valence-corrected chi connectivity index (χ4v) is 3.20. The number of hydrogen-bond acceptors (Lipinski definition) is 4. The zero-order chi connectivity index (χ0) is 20.5. The van der Waals surface area contributed by atoms with Crippen molar-refractivity contribution in [3.63, 3.8) is 0 Å². The van der Waals surface area contributed by atoms with Crippen LogP contribution < -0.4 is 10.1 Å². The second-order valence-electron chi connectivity index (χ2n) is 6.69. The van der Waals surface area contributed by atoms with E-state index in [0.717, 1.165) is 0 Å². The number of hydrogen-bond donors (Lipinski definition) is 1. The first-order chi connectivity index (χ1) is 13.5. The van der Waals surface area contributed by atoms with Crippen LogP contribution in [-0.2, 0) is 9.53 Å². The number of halogens is 1. The Morgan fingerprint density at radius 2 is 1.89 bits per heavy atom. The summed E-state index contributed by atoms with van der Waals surface area (Å²) in [4.78, 5) is 28.5. The molecule has 1 aliphatic heterocycles. The first-order valence-corrected chi connectivity index (χ1v) is 9.76. The Labute approximate surface area is 165 Å². The maximum atomic E-state index is 14.1. The number of methoxy groups -OCH3 is 1. The second-order valence-corrected chi connectivity index (χ2v) is 6.69. The average molecular weight is 395 g/mol. The molecule has 1 fully saturated rings. The molecule has 0 aliphatic carbocycles. The summed E-state index contributed by atoms with van der Waals surface area (Å²) < 4.78 is 24.2. The van der Waals surface area contributed by atoms with Crippen molar-refractivity contribution in [1.29, 1.82) is 0 Å². The molecule has 2 rings (SSSR count). The Bertz CT molecular complexity index is 659. The molecule has 1 saturated heterocycles. The highest BCUT2D eigenvalue weighted by molar-refractivity contribution is 5.92. The minimum atomic E-state index is -0.534. The summed E-state index contributed by atoms with van der Waals surface area (Å²) in [7, 11) is 1.54. The second kappa shape index (κ2) is 10.8. The Kier molecular flexibility index (Phi) is 8.50. The predicted molar refractivity (Wildman–Crippen MR) is 105 cm³/mol. The van der Waals surface area contributed by atoms with Crippen LogP contribution in [0.4, 0.5) is 14.9 Å². The number of benzene rings is 1. The van der Waals surface area contributed by atoms with E-state index in [9.17, 15) is 14.0 Å². The Balaban J connectivity index is 1.85. The number of rotatable bonds is 8. The van der Waals surface area contributed by atoms with Gasteiger partial charge in [-0.05, 0) is 38.8 Å². The summed E-state index contributed by atoms with van der Waals surface area (Å²) in [6.45, 7) is 6.97. The van der Waals surface area contributed by atoms with Crippen LogP contribution in [0, 0.1) is 11.7 Å². The van der Waals surface area contributed by atoms with E-state index in [4.69, 9.17) is 9.47 Å². The van der Waals surface area contributed by atoms with Gasteiger partial charge < -0.3 is 24.6 Å². The fraction of sp³-hybridized carbons (Fsp3) is 0.600. The van der Waals surface area contributed by atoms with Gasteiger partial charge in [-0.2, -0.15) is 0 Å². The highest BCUT2D eigenvalue weighted by Crippen LogP contribution is 2.24. The third-order valence-electron chi connectivity index (χ3n) is 4.91. The highest BCUT2D eigenvalue weighted by atomic mass is 19.1. The maximum Gasteiger partial charge on any atom is 0.319 e. The van der Waals surface area contributed by atoms with Gasteiger partial charge in [0, 0.05) is 51.0 Å². The number of anilines is 1. The van der Waals surface area contributed by atoms with Crippen molar-refractivity contribution in [3.05, 3.63) is 24.0 Å². The monoisotopic (exact) mass is 395 g/mol. The number of urea groups is 1. The molecular formula is C20H30FN3O4. The van der Waals surface area contributed by atoms with Crippen LogP contribution in [0.2, 0.25) is 0 Å². The molecule has 3 amide bonds. The van der Waals surface area contributed by atoms with Gasteiger partial charge in [-0.25, -0.2) is 9.18 Å². The molecule has 0 saturated carbocycles. The van der Waals surface area contributed by atoms with Crippen molar-refractivity contribution >= 4 is 17.6 Å². The lowest BCUT2D eigenvalue weighted by molar-refractivity contribution is -0.121. The minimum absolute atomic E-state index is 0.0231. The summed E-state index contributed by atoms with van der Waals surface area (Å²) >= 11 is 0. The summed E-state index contributed by atoms with van der Waals surface area (Å²) in [6.07, 6.45) is 1.19.